The summed E-state index contributed by atoms with van der Waals surface area (Å²) in [6.07, 6.45) is 10.1. The molecule has 0 unspecified atom stereocenters. The molecule has 0 aliphatic carbocycles. The predicted molar refractivity (Wildman–Crippen MR) is 242 cm³/mol. The summed E-state index contributed by atoms with van der Waals surface area (Å²) in [5.74, 6) is 2.53. The molecule has 0 amide bonds. The molecule has 0 aromatic heterocycles. The SMILES string of the molecule is CCC=Cc1cccc([N+](=O)[O-])c1.CCC=P(c1ccccc1)(c1ccccc1)c1ccccc1.CCCCc1cccc(N)c1.O=Cc1cccc([N+](=O)[O-])c1. The number of aldehydes is 1. The van der Waals surface area contributed by atoms with Crippen molar-refractivity contribution < 1.29 is 14.6 Å². The summed E-state index contributed by atoms with van der Waals surface area (Å²) in [4.78, 5) is 29.8. The second kappa shape index (κ2) is 24.9. The van der Waals surface area contributed by atoms with Gasteiger partial charge >= 0.3 is 0 Å². The topological polar surface area (TPSA) is 129 Å². The molecule has 0 bridgehead atoms. The summed E-state index contributed by atoms with van der Waals surface area (Å²) in [7, 11) is 0. The molecule has 9 heteroatoms. The first kappa shape index (κ1) is 45.0. The Morgan fingerprint density at radius 2 is 1.05 bits per heavy atom. The van der Waals surface area contributed by atoms with E-state index in [4.69, 9.17) is 5.73 Å². The molecule has 0 saturated heterocycles. The first-order valence-electron chi connectivity index (χ1n) is 19.0. The van der Waals surface area contributed by atoms with Gasteiger partial charge in [0.2, 0.25) is 0 Å². The summed E-state index contributed by atoms with van der Waals surface area (Å²) >= 11 is 0. The van der Waals surface area contributed by atoms with Gasteiger partial charge in [-0.3, -0.25) is 25.0 Å². The van der Waals surface area contributed by atoms with E-state index in [-0.39, 0.29) is 16.3 Å². The van der Waals surface area contributed by atoms with Crippen LogP contribution >= 0.6 is 6.89 Å². The van der Waals surface area contributed by atoms with Gasteiger partial charge in [0.05, 0.1) is 9.85 Å². The lowest BCUT2D eigenvalue weighted by Crippen LogP contribution is -2.26. The number of carbonyl (C=O) groups excluding carboxylic acids is 1. The van der Waals surface area contributed by atoms with E-state index in [1.165, 1.54) is 64.7 Å². The van der Waals surface area contributed by atoms with Gasteiger partial charge in [-0.15, -0.1) is 0 Å². The minimum Gasteiger partial charge on any atom is -0.399 e. The van der Waals surface area contributed by atoms with E-state index in [2.05, 4.69) is 123 Å². The average molecular weight is 782 g/mol. The van der Waals surface area contributed by atoms with E-state index in [1.807, 2.05) is 37.3 Å². The largest absolute Gasteiger partial charge is 0.399 e. The van der Waals surface area contributed by atoms with Gasteiger partial charge in [0.25, 0.3) is 11.4 Å². The summed E-state index contributed by atoms with van der Waals surface area (Å²) in [5, 5.41) is 24.8. The Kier molecular flexibility index (Phi) is 19.7. The van der Waals surface area contributed by atoms with Crippen molar-refractivity contribution in [3.05, 3.63) is 207 Å². The second-order valence-electron chi connectivity index (χ2n) is 12.8. The van der Waals surface area contributed by atoms with Crippen molar-refractivity contribution >= 4 is 58.0 Å². The fourth-order valence-electron chi connectivity index (χ4n) is 5.86. The highest BCUT2D eigenvalue weighted by atomic mass is 31.2. The summed E-state index contributed by atoms with van der Waals surface area (Å²) in [6, 6.07) is 53.1. The van der Waals surface area contributed by atoms with Crippen LogP contribution in [-0.2, 0) is 6.42 Å². The molecule has 0 aliphatic heterocycles. The van der Waals surface area contributed by atoms with Crippen LogP contribution in [0.3, 0.4) is 0 Å². The third kappa shape index (κ3) is 14.7. The molecule has 0 atom stereocenters. The second-order valence-corrected chi connectivity index (χ2v) is 16.2. The fraction of sp³-hybridized carbons (Fsp3) is 0.167. The number of rotatable bonds is 12. The van der Waals surface area contributed by atoms with Gasteiger partial charge < -0.3 is 5.73 Å². The molecule has 8 nitrogen and oxygen atoms in total. The average Bonchev–Trinajstić information content (AvgIpc) is 3.26. The zero-order valence-electron chi connectivity index (χ0n) is 32.9. The van der Waals surface area contributed by atoms with Crippen molar-refractivity contribution in [2.75, 3.05) is 5.73 Å². The van der Waals surface area contributed by atoms with Crippen molar-refractivity contribution in [2.24, 2.45) is 0 Å². The maximum Gasteiger partial charge on any atom is 0.270 e. The Hall–Kier alpha value is -6.37. The van der Waals surface area contributed by atoms with Gasteiger partial charge in [0.15, 0.2) is 0 Å². The van der Waals surface area contributed by atoms with Gasteiger partial charge in [0.1, 0.15) is 6.29 Å². The molecule has 6 aromatic carbocycles. The molecule has 0 radical (unpaired) electrons. The minimum absolute atomic E-state index is 0.0606. The van der Waals surface area contributed by atoms with E-state index in [0.29, 0.717) is 11.8 Å². The maximum absolute atomic E-state index is 10.4. The minimum atomic E-state index is -1.68. The third-order valence-corrected chi connectivity index (χ3v) is 12.8. The Morgan fingerprint density at radius 3 is 1.47 bits per heavy atom. The normalized spacial score (nSPS) is 10.4. The van der Waals surface area contributed by atoms with E-state index < -0.39 is 11.8 Å². The van der Waals surface area contributed by atoms with Crippen molar-refractivity contribution in [1.82, 2.24) is 0 Å². The first-order chi connectivity index (χ1) is 27.7. The number of hydrogen-bond donors (Lipinski definition) is 1. The predicted octanol–water partition coefficient (Wildman–Crippen LogP) is 11.2. The van der Waals surface area contributed by atoms with Crippen LogP contribution in [0, 0.1) is 20.2 Å². The van der Waals surface area contributed by atoms with Crippen LogP contribution in [0.5, 0.6) is 0 Å². The molecular formula is C48H52N3O5P. The molecule has 294 valence electrons. The van der Waals surface area contributed by atoms with Gasteiger partial charge in [-0.05, 0) is 71.7 Å². The molecule has 0 heterocycles. The zero-order valence-corrected chi connectivity index (χ0v) is 33.8. The number of nitro groups is 2. The Balaban J connectivity index is 0.000000215. The highest BCUT2D eigenvalue weighted by Gasteiger charge is 2.23. The van der Waals surface area contributed by atoms with Gasteiger partial charge in [0, 0.05) is 35.5 Å². The van der Waals surface area contributed by atoms with Crippen LogP contribution in [0.1, 0.15) is 67.9 Å². The highest BCUT2D eigenvalue weighted by Crippen LogP contribution is 2.43. The lowest BCUT2D eigenvalue weighted by molar-refractivity contribution is -0.385. The van der Waals surface area contributed by atoms with E-state index in [9.17, 15) is 25.0 Å². The molecule has 2 N–H and O–H groups in total. The number of anilines is 1. The first-order valence-corrected chi connectivity index (χ1v) is 20.9. The zero-order chi connectivity index (χ0) is 41.3. The number of unbranched alkanes of at least 4 members (excludes halogenated alkanes) is 1. The number of allylic oxidation sites excluding steroid dienone is 1. The molecule has 6 aromatic rings. The van der Waals surface area contributed by atoms with E-state index in [1.54, 1.807) is 12.1 Å². The number of carbonyl (C=O) groups is 1. The fourth-order valence-corrected chi connectivity index (χ4v) is 9.87. The summed E-state index contributed by atoms with van der Waals surface area (Å²) < 4.78 is 0. The van der Waals surface area contributed by atoms with Crippen molar-refractivity contribution in [2.45, 2.75) is 52.9 Å². The van der Waals surface area contributed by atoms with Crippen molar-refractivity contribution in [1.29, 1.82) is 0 Å². The van der Waals surface area contributed by atoms with Crippen LogP contribution in [0.25, 0.3) is 6.08 Å². The Bertz CT molecular complexity index is 2110. The maximum atomic E-state index is 10.4. The van der Waals surface area contributed by atoms with Gasteiger partial charge in [-0.1, -0.05) is 173 Å². The van der Waals surface area contributed by atoms with Crippen LogP contribution in [0.15, 0.2) is 170 Å². The quantitative estimate of drug-likeness (QED) is 0.0433. The van der Waals surface area contributed by atoms with Gasteiger partial charge in [-0.2, -0.15) is 0 Å². The summed E-state index contributed by atoms with van der Waals surface area (Å²) in [6.45, 7) is 4.78. The number of nitrogens with two attached hydrogens (primary N) is 1. The van der Waals surface area contributed by atoms with E-state index >= 15 is 0 Å². The number of nitrogen functional groups attached to an aromatic ring is 1. The summed E-state index contributed by atoms with van der Waals surface area (Å²) in [5.41, 5.74) is 9.12. The number of aryl methyl sites for hydroxylation is 1. The number of non-ortho nitro benzene ring substituents is 2. The monoisotopic (exact) mass is 781 g/mol. The molecule has 0 saturated carbocycles. The van der Waals surface area contributed by atoms with Crippen LogP contribution in [0.2, 0.25) is 0 Å². The van der Waals surface area contributed by atoms with Crippen LogP contribution < -0.4 is 21.6 Å². The standard InChI is InChI=1S/C21H21P.C10H11NO2.C10H15N.C7H5NO3/c1-2-18-22(19-12-6-3-7-13-19,20-14-8-4-9-15-20)21-16-10-5-11-17-21;1-2-3-5-9-6-4-7-10(8-9)11(12)13;1-2-3-5-9-6-4-7-10(11)8-9;9-5-6-2-1-3-7(4-6)8(10)11/h3-18H,2H2,1H3;3-8H,2H2,1H3;4,6-8H,2-3,5,11H2,1H3;1-5H. The number of hydrogen-bond acceptors (Lipinski definition) is 6. The smallest absolute Gasteiger partial charge is 0.270 e. The third-order valence-electron chi connectivity index (χ3n) is 8.56. The van der Waals surface area contributed by atoms with Crippen molar-refractivity contribution in [3.63, 3.8) is 0 Å². The van der Waals surface area contributed by atoms with Gasteiger partial charge in [-0.25, -0.2) is 0 Å². The number of nitro benzene ring substituents is 2. The number of benzene rings is 6. The van der Waals surface area contributed by atoms with Crippen LogP contribution in [-0.4, -0.2) is 21.9 Å². The Morgan fingerprint density at radius 1 is 0.579 bits per heavy atom. The lowest BCUT2D eigenvalue weighted by atomic mass is 10.1. The lowest BCUT2D eigenvalue weighted by Gasteiger charge is -2.28. The molecule has 6 rings (SSSR count). The highest BCUT2D eigenvalue weighted by molar-refractivity contribution is 7.94. The number of nitrogens with zero attached hydrogens (tertiary/aromatic N) is 2. The molecular weight excluding hydrogens is 730 g/mol. The van der Waals surface area contributed by atoms with E-state index in [0.717, 1.165) is 30.5 Å². The van der Waals surface area contributed by atoms with Crippen LogP contribution in [0.4, 0.5) is 17.1 Å². The molecule has 0 aliphatic rings. The molecule has 57 heavy (non-hydrogen) atoms. The molecule has 0 spiro atoms. The Labute approximate surface area is 337 Å². The molecule has 0 fully saturated rings. The van der Waals surface area contributed by atoms with Crippen molar-refractivity contribution in [3.8, 4) is 0 Å².